The fourth-order valence-corrected chi connectivity index (χ4v) is 2.63. The summed E-state index contributed by atoms with van der Waals surface area (Å²) < 4.78 is 0. The molecule has 0 heterocycles. The molecule has 0 saturated heterocycles. The van der Waals surface area contributed by atoms with E-state index in [4.69, 9.17) is 0 Å². The second-order valence-electron chi connectivity index (χ2n) is 6.91. The van der Waals surface area contributed by atoms with Gasteiger partial charge in [-0.15, -0.1) is 0 Å². The Labute approximate surface area is 167 Å². The van der Waals surface area contributed by atoms with E-state index in [0.717, 1.165) is 48.2 Å². The molecule has 0 atom stereocenters. The van der Waals surface area contributed by atoms with Gasteiger partial charge in [0.2, 0.25) is 0 Å². The summed E-state index contributed by atoms with van der Waals surface area (Å²) in [6.45, 7) is 5.30. The first-order valence-electron chi connectivity index (χ1n) is 9.76. The van der Waals surface area contributed by atoms with E-state index in [2.05, 4.69) is 21.3 Å². The number of rotatable bonds is 9. The van der Waals surface area contributed by atoms with Gasteiger partial charge in [0, 0.05) is 24.5 Å². The molecule has 0 spiro atoms. The van der Waals surface area contributed by atoms with Gasteiger partial charge in [0.25, 0.3) is 0 Å². The molecule has 2 rings (SSSR count). The smallest absolute Gasteiger partial charge is 0.319 e. The number of urea groups is 2. The van der Waals surface area contributed by atoms with Crippen LogP contribution in [0.2, 0.25) is 0 Å². The second-order valence-corrected chi connectivity index (χ2v) is 6.91. The minimum Gasteiger partial charge on any atom is -0.338 e. The molecule has 4 amide bonds. The minimum absolute atomic E-state index is 0.182. The van der Waals surface area contributed by atoms with E-state index in [1.54, 1.807) is 0 Å². The maximum atomic E-state index is 11.8. The molecular formula is C22H30N4O2. The van der Waals surface area contributed by atoms with Crippen LogP contribution in [0.4, 0.5) is 21.0 Å². The maximum absolute atomic E-state index is 11.8. The van der Waals surface area contributed by atoms with Gasteiger partial charge in [0.1, 0.15) is 0 Å². The minimum atomic E-state index is -0.182. The summed E-state index contributed by atoms with van der Waals surface area (Å²) in [6.07, 6.45) is 3.84. The highest BCUT2D eigenvalue weighted by molar-refractivity contribution is 5.89. The van der Waals surface area contributed by atoms with Crippen LogP contribution < -0.4 is 21.3 Å². The molecular weight excluding hydrogens is 352 g/mol. The van der Waals surface area contributed by atoms with E-state index in [9.17, 15) is 9.59 Å². The number of nitrogens with one attached hydrogen (secondary N) is 4. The molecule has 0 saturated carbocycles. The van der Waals surface area contributed by atoms with Gasteiger partial charge in [-0.05, 0) is 51.0 Å². The van der Waals surface area contributed by atoms with Crippen LogP contribution in [0.1, 0.15) is 36.8 Å². The van der Waals surface area contributed by atoms with Gasteiger partial charge < -0.3 is 21.3 Å². The zero-order valence-electron chi connectivity index (χ0n) is 16.7. The normalized spacial score (nSPS) is 10.2. The Balaban J connectivity index is 1.45. The van der Waals surface area contributed by atoms with Crippen LogP contribution in [-0.4, -0.2) is 25.2 Å². The van der Waals surface area contributed by atoms with E-state index in [1.807, 2.05) is 62.4 Å². The third kappa shape index (κ3) is 8.58. The summed E-state index contributed by atoms with van der Waals surface area (Å²) in [5.41, 5.74) is 3.90. The molecule has 4 N–H and O–H groups in total. The Morgan fingerprint density at radius 1 is 0.607 bits per heavy atom. The van der Waals surface area contributed by atoms with Crippen molar-refractivity contribution in [3.8, 4) is 0 Å². The quantitative estimate of drug-likeness (QED) is 0.470. The molecule has 6 heteroatoms. The molecule has 28 heavy (non-hydrogen) atoms. The highest BCUT2D eigenvalue weighted by Gasteiger charge is 2.02. The van der Waals surface area contributed by atoms with Crippen LogP contribution in [0.5, 0.6) is 0 Å². The first-order valence-corrected chi connectivity index (χ1v) is 9.76. The lowest BCUT2D eigenvalue weighted by Crippen LogP contribution is -2.30. The summed E-state index contributed by atoms with van der Waals surface area (Å²) in [6, 6.07) is 15.0. The third-order valence-corrected chi connectivity index (χ3v) is 4.29. The zero-order chi connectivity index (χ0) is 20.2. The van der Waals surface area contributed by atoms with Crippen LogP contribution in [0.3, 0.4) is 0 Å². The summed E-state index contributed by atoms with van der Waals surface area (Å²) in [4.78, 5) is 23.6. The van der Waals surface area contributed by atoms with Crippen molar-refractivity contribution in [2.45, 2.75) is 39.5 Å². The average Bonchev–Trinajstić information content (AvgIpc) is 2.67. The Hall–Kier alpha value is -3.02. The standard InChI is InChI=1S/C22H30N4O2/c1-17-7-11-19(12-8-17)25-21(27)23-15-5-3-4-6-16-24-22(28)26-20-13-9-18(2)10-14-20/h7-14H,3-6,15-16H2,1-2H3,(H2,23,25,27)(H2,24,26,28). The van der Waals surface area contributed by atoms with Crippen molar-refractivity contribution >= 4 is 23.4 Å². The van der Waals surface area contributed by atoms with Crippen molar-refractivity contribution in [3.05, 3.63) is 59.7 Å². The van der Waals surface area contributed by atoms with Gasteiger partial charge in [-0.25, -0.2) is 9.59 Å². The van der Waals surface area contributed by atoms with Crippen molar-refractivity contribution in [2.24, 2.45) is 0 Å². The van der Waals surface area contributed by atoms with E-state index in [1.165, 1.54) is 0 Å². The van der Waals surface area contributed by atoms with Crippen molar-refractivity contribution in [3.63, 3.8) is 0 Å². The number of carbonyl (C=O) groups excluding carboxylic acids is 2. The average molecular weight is 383 g/mol. The van der Waals surface area contributed by atoms with E-state index in [-0.39, 0.29) is 12.1 Å². The number of anilines is 2. The predicted molar refractivity (Wildman–Crippen MR) is 115 cm³/mol. The topological polar surface area (TPSA) is 82.3 Å². The molecule has 0 aliphatic carbocycles. The third-order valence-electron chi connectivity index (χ3n) is 4.29. The molecule has 0 aliphatic heterocycles. The zero-order valence-corrected chi connectivity index (χ0v) is 16.7. The Morgan fingerprint density at radius 2 is 0.964 bits per heavy atom. The van der Waals surface area contributed by atoms with Crippen LogP contribution >= 0.6 is 0 Å². The summed E-state index contributed by atoms with van der Waals surface area (Å²) in [5.74, 6) is 0. The Kier molecular flexibility index (Phi) is 8.85. The number of carbonyl (C=O) groups is 2. The molecule has 0 fully saturated rings. The molecule has 0 unspecified atom stereocenters. The van der Waals surface area contributed by atoms with E-state index < -0.39 is 0 Å². The fourth-order valence-electron chi connectivity index (χ4n) is 2.63. The van der Waals surface area contributed by atoms with Crippen molar-refractivity contribution in [2.75, 3.05) is 23.7 Å². The van der Waals surface area contributed by atoms with Gasteiger partial charge in [-0.1, -0.05) is 48.2 Å². The molecule has 0 radical (unpaired) electrons. The van der Waals surface area contributed by atoms with Crippen LogP contribution in [0, 0.1) is 13.8 Å². The van der Waals surface area contributed by atoms with E-state index in [0.29, 0.717) is 13.1 Å². The monoisotopic (exact) mass is 382 g/mol. The second kappa shape index (κ2) is 11.6. The van der Waals surface area contributed by atoms with Crippen LogP contribution in [-0.2, 0) is 0 Å². The number of aryl methyl sites for hydroxylation is 2. The van der Waals surface area contributed by atoms with Gasteiger partial charge in [-0.3, -0.25) is 0 Å². The Bertz CT molecular complexity index is 677. The molecule has 0 aromatic heterocycles. The predicted octanol–water partition coefficient (Wildman–Crippen LogP) is 4.81. The van der Waals surface area contributed by atoms with Gasteiger partial charge in [0.15, 0.2) is 0 Å². The first kappa shape index (κ1) is 21.3. The van der Waals surface area contributed by atoms with Crippen molar-refractivity contribution in [1.29, 1.82) is 0 Å². The fraction of sp³-hybridized carbons (Fsp3) is 0.364. The number of hydrogen-bond donors (Lipinski definition) is 4. The maximum Gasteiger partial charge on any atom is 0.319 e. The van der Waals surface area contributed by atoms with Crippen LogP contribution in [0.15, 0.2) is 48.5 Å². The van der Waals surface area contributed by atoms with Crippen molar-refractivity contribution < 1.29 is 9.59 Å². The van der Waals surface area contributed by atoms with Crippen molar-refractivity contribution in [1.82, 2.24) is 10.6 Å². The number of hydrogen-bond acceptors (Lipinski definition) is 2. The molecule has 0 bridgehead atoms. The summed E-state index contributed by atoms with van der Waals surface area (Å²) >= 11 is 0. The first-order chi connectivity index (χ1) is 13.5. The number of unbranched alkanes of at least 4 members (excludes halogenated alkanes) is 3. The molecule has 150 valence electrons. The summed E-state index contributed by atoms with van der Waals surface area (Å²) in [7, 11) is 0. The lowest BCUT2D eigenvalue weighted by Gasteiger charge is -2.09. The lowest BCUT2D eigenvalue weighted by atomic mass is 10.2. The number of benzene rings is 2. The Morgan fingerprint density at radius 3 is 1.32 bits per heavy atom. The number of amides is 4. The largest absolute Gasteiger partial charge is 0.338 e. The molecule has 2 aromatic rings. The summed E-state index contributed by atoms with van der Waals surface area (Å²) in [5, 5.41) is 11.3. The lowest BCUT2D eigenvalue weighted by molar-refractivity contribution is 0.250. The molecule has 6 nitrogen and oxygen atoms in total. The van der Waals surface area contributed by atoms with Gasteiger partial charge in [0.05, 0.1) is 0 Å². The highest BCUT2D eigenvalue weighted by atomic mass is 16.2. The van der Waals surface area contributed by atoms with Gasteiger partial charge >= 0.3 is 12.1 Å². The van der Waals surface area contributed by atoms with Gasteiger partial charge in [-0.2, -0.15) is 0 Å². The molecule has 0 aliphatic rings. The highest BCUT2D eigenvalue weighted by Crippen LogP contribution is 2.09. The van der Waals surface area contributed by atoms with E-state index >= 15 is 0 Å². The van der Waals surface area contributed by atoms with Crippen LogP contribution in [0.25, 0.3) is 0 Å². The molecule has 2 aromatic carbocycles. The SMILES string of the molecule is Cc1ccc(NC(=O)NCCCCCCNC(=O)Nc2ccc(C)cc2)cc1.